The first-order valence-electron chi connectivity index (χ1n) is 7.34. The van der Waals surface area contributed by atoms with Crippen molar-refractivity contribution in [2.75, 3.05) is 39.9 Å². The van der Waals surface area contributed by atoms with Crippen LogP contribution in [-0.2, 0) is 0 Å². The van der Waals surface area contributed by atoms with Gasteiger partial charge in [0.15, 0.2) is 0 Å². The van der Waals surface area contributed by atoms with Crippen LogP contribution in [0.4, 0.5) is 0 Å². The number of piperidine rings is 1. The SMILES string of the molecule is COc1cc(C(=O)NCCN2CCCC(CO)C2)ccn1. The summed E-state index contributed by atoms with van der Waals surface area (Å²) in [5, 5.41) is 12.1. The summed E-state index contributed by atoms with van der Waals surface area (Å²) < 4.78 is 5.01. The van der Waals surface area contributed by atoms with Gasteiger partial charge in [-0.2, -0.15) is 0 Å². The molecule has 0 aliphatic carbocycles. The fourth-order valence-corrected chi connectivity index (χ4v) is 2.60. The number of methoxy groups -OCH3 is 1. The van der Waals surface area contributed by atoms with Gasteiger partial charge in [-0.15, -0.1) is 0 Å². The summed E-state index contributed by atoms with van der Waals surface area (Å²) in [5.41, 5.74) is 0.550. The molecule has 1 unspecified atom stereocenters. The minimum atomic E-state index is -0.119. The number of rotatable bonds is 6. The standard InChI is InChI=1S/C15H23N3O3/c1-21-14-9-13(4-5-16-14)15(20)17-6-8-18-7-2-3-12(10-18)11-19/h4-5,9,12,19H,2-3,6-8,10-11H2,1H3,(H,17,20). The van der Waals surface area contributed by atoms with Crippen molar-refractivity contribution in [3.63, 3.8) is 0 Å². The first kappa shape index (κ1) is 15.7. The van der Waals surface area contributed by atoms with Gasteiger partial charge in [0.2, 0.25) is 5.88 Å². The van der Waals surface area contributed by atoms with Gasteiger partial charge < -0.3 is 20.1 Å². The molecule has 6 nitrogen and oxygen atoms in total. The molecule has 1 aliphatic heterocycles. The van der Waals surface area contributed by atoms with Crippen molar-refractivity contribution >= 4 is 5.91 Å². The monoisotopic (exact) mass is 293 g/mol. The average molecular weight is 293 g/mol. The Morgan fingerprint density at radius 1 is 1.62 bits per heavy atom. The lowest BCUT2D eigenvalue weighted by Crippen LogP contribution is -2.41. The molecule has 1 amide bonds. The fraction of sp³-hybridized carbons (Fsp3) is 0.600. The lowest BCUT2D eigenvalue weighted by molar-refractivity contribution is 0.0930. The van der Waals surface area contributed by atoms with Gasteiger partial charge in [0, 0.05) is 44.1 Å². The van der Waals surface area contributed by atoms with Crippen LogP contribution in [0.2, 0.25) is 0 Å². The van der Waals surface area contributed by atoms with Gasteiger partial charge in [-0.25, -0.2) is 4.98 Å². The number of carbonyl (C=O) groups excluding carboxylic acids is 1. The molecule has 21 heavy (non-hydrogen) atoms. The van der Waals surface area contributed by atoms with E-state index >= 15 is 0 Å². The van der Waals surface area contributed by atoms with Crippen LogP contribution in [0.15, 0.2) is 18.3 Å². The van der Waals surface area contributed by atoms with Crippen LogP contribution in [0.25, 0.3) is 0 Å². The molecule has 1 saturated heterocycles. The zero-order chi connectivity index (χ0) is 15.1. The van der Waals surface area contributed by atoms with E-state index in [0.717, 1.165) is 32.5 Å². The molecule has 0 saturated carbocycles. The maximum Gasteiger partial charge on any atom is 0.251 e. The van der Waals surface area contributed by atoms with E-state index in [-0.39, 0.29) is 12.5 Å². The van der Waals surface area contributed by atoms with Crippen molar-refractivity contribution in [2.45, 2.75) is 12.8 Å². The third-order valence-electron chi connectivity index (χ3n) is 3.78. The van der Waals surface area contributed by atoms with Crippen LogP contribution in [0.1, 0.15) is 23.2 Å². The van der Waals surface area contributed by atoms with Gasteiger partial charge in [0.25, 0.3) is 5.91 Å². The second kappa shape index (κ2) is 7.95. The first-order chi connectivity index (χ1) is 10.2. The average Bonchev–Trinajstić information content (AvgIpc) is 2.55. The summed E-state index contributed by atoms with van der Waals surface area (Å²) in [5.74, 6) is 0.690. The Hall–Kier alpha value is -1.66. The smallest absolute Gasteiger partial charge is 0.251 e. The zero-order valence-corrected chi connectivity index (χ0v) is 12.4. The Labute approximate surface area is 125 Å². The maximum atomic E-state index is 12.0. The third-order valence-corrected chi connectivity index (χ3v) is 3.78. The maximum absolute atomic E-state index is 12.0. The van der Waals surface area contributed by atoms with E-state index in [1.807, 2.05) is 0 Å². The molecule has 0 aromatic carbocycles. The van der Waals surface area contributed by atoms with Crippen molar-refractivity contribution < 1.29 is 14.6 Å². The van der Waals surface area contributed by atoms with E-state index in [4.69, 9.17) is 4.74 Å². The molecular weight excluding hydrogens is 270 g/mol. The number of aliphatic hydroxyl groups is 1. The van der Waals surface area contributed by atoms with E-state index in [9.17, 15) is 9.90 Å². The minimum absolute atomic E-state index is 0.119. The van der Waals surface area contributed by atoms with Crippen LogP contribution in [0, 0.1) is 5.92 Å². The predicted octanol–water partition coefficient (Wildman–Crippen LogP) is 0.524. The van der Waals surface area contributed by atoms with Gasteiger partial charge in [-0.3, -0.25) is 4.79 Å². The molecule has 1 aromatic rings. The molecule has 6 heteroatoms. The summed E-state index contributed by atoms with van der Waals surface area (Å²) >= 11 is 0. The number of aromatic nitrogens is 1. The number of hydrogen-bond acceptors (Lipinski definition) is 5. The number of amides is 1. The summed E-state index contributed by atoms with van der Waals surface area (Å²) in [6.07, 6.45) is 3.77. The quantitative estimate of drug-likeness (QED) is 0.800. The third kappa shape index (κ3) is 4.68. The lowest BCUT2D eigenvalue weighted by Gasteiger charge is -2.31. The molecule has 1 aromatic heterocycles. The Morgan fingerprint density at radius 2 is 2.48 bits per heavy atom. The normalized spacial score (nSPS) is 19.2. The Bertz CT molecular complexity index is 467. The molecule has 1 aliphatic rings. The minimum Gasteiger partial charge on any atom is -0.481 e. The van der Waals surface area contributed by atoms with Crippen molar-refractivity contribution in [1.82, 2.24) is 15.2 Å². The topological polar surface area (TPSA) is 74.7 Å². The van der Waals surface area contributed by atoms with Crippen LogP contribution in [0.5, 0.6) is 5.88 Å². The summed E-state index contributed by atoms with van der Waals surface area (Å²) in [6, 6.07) is 3.29. The number of nitrogens with one attached hydrogen (secondary N) is 1. The molecule has 2 N–H and O–H groups in total. The molecule has 116 valence electrons. The van der Waals surface area contributed by atoms with Gasteiger partial charge in [0.05, 0.1) is 7.11 Å². The molecule has 0 spiro atoms. The van der Waals surface area contributed by atoms with Gasteiger partial charge in [-0.1, -0.05) is 0 Å². The number of pyridine rings is 1. The second-order valence-electron chi connectivity index (χ2n) is 5.33. The van der Waals surface area contributed by atoms with E-state index in [0.29, 0.717) is 23.9 Å². The van der Waals surface area contributed by atoms with Crippen molar-refractivity contribution in [1.29, 1.82) is 0 Å². The van der Waals surface area contributed by atoms with Gasteiger partial charge >= 0.3 is 0 Å². The second-order valence-corrected chi connectivity index (χ2v) is 5.33. The first-order valence-corrected chi connectivity index (χ1v) is 7.34. The van der Waals surface area contributed by atoms with Crippen molar-refractivity contribution in [3.05, 3.63) is 23.9 Å². The van der Waals surface area contributed by atoms with Crippen LogP contribution in [-0.4, -0.2) is 60.8 Å². The predicted molar refractivity (Wildman–Crippen MR) is 79.4 cm³/mol. The number of carbonyl (C=O) groups is 1. The molecule has 0 bridgehead atoms. The highest BCUT2D eigenvalue weighted by atomic mass is 16.5. The molecule has 0 radical (unpaired) electrons. The van der Waals surface area contributed by atoms with Crippen LogP contribution < -0.4 is 10.1 Å². The summed E-state index contributed by atoms with van der Waals surface area (Å²) in [6.45, 7) is 3.61. The van der Waals surface area contributed by atoms with Crippen molar-refractivity contribution in [2.24, 2.45) is 5.92 Å². The molecule has 2 heterocycles. The Morgan fingerprint density at radius 3 is 3.24 bits per heavy atom. The van der Waals surface area contributed by atoms with E-state index < -0.39 is 0 Å². The van der Waals surface area contributed by atoms with Gasteiger partial charge in [-0.05, 0) is 31.4 Å². The van der Waals surface area contributed by atoms with Crippen LogP contribution in [0.3, 0.4) is 0 Å². The number of ether oxygens (including phenoxy) is 1. The fourth-order valence-electron chi connectivity index (χ4n) is 2.60. The largest absolute Gasteiger partial charge is 0.481 e. The van der Waals surface area contributed by atoms with Crippen LogP contribution >= 0.6 is 0 Å². The molecule has 1 atom stereocenters. The number of likely N-dealkylation sites (tertiary alicyclic amines) is 1. The highest BCUT2D eigenvalue weighted by molar-refractivity contribution is 5.94. The van der Waals surface area contributed by atoms with Gasteiger partial charge in [0.1, 0.15) is 0 Å². The summed E-state index contributed by atoms with van der Waals surface area (Å²) in [4.78, 5) is 18.3. The number of hydrogen-bond donors (Lipinski definition) is 2. The lowest BCUT2D eigenvalue weighted by atomic mass is 9.99. The molecule has 2 rings (SSSR count). The Kier molecular flexibility index (Phi) is 5.95. The van der Waals surface area contributed by atoms with E-state index in [2.05, 4.69) is 15.2 Å². The number of aliphatic hydroxyl groups excluding tert-OH is 1. The summed E-state index contributed by atoms with van der Waals surface area (Å²) in [7, 11) is 1.53. The van der Waals surface area contributed by atoms with E-state index in [1.165, 1.54) is 7.11 Å². The zero-order valence-electron chi connectivity index (χ0n) is 12.4. The number of nitrogens with zero attached hydrogens (tertiary/aromatic N) is 2. The highest BCUT2D eigenvalue weighted by Crippen LogP contribution is 2.15. The molecular formula is C15H23N3O3. The highest BCUT2D eigenvalue weighted by Gasteiger charge is 2.18. The Balaban J connectivity index is 1.76. The van der Waals surface area contributed by atoms with Crippen molar-refractivity contribution in [3.8, 4) is 5.88 Å². The molecule has 1 fully saturated rings. The van der Waals surface area contributed by atoms with E-state index in [1.54, 1.807) is 18.3 Å².